The SMILES string of the molecule is CCc1ccc(C(N)c2cc(OC)c(Br)cc2OC)s1. The molecule has 3 nitrogen and oxygen atoms in total. The highest BCUT2D eigenvalue weighted by Gasteiger charge is 2.18. The molecule has 0 fully saturated rings. The van der Waals surface area contributed by atoms with Gasteiger partial charge in [0.2, 0.25) is 0 Å². The second kappa shape index (κ2) is 6.61. The molecule has 0 saturated heterocycles. The Morgan fingerprint density at radius 3 is 2.45 bits per heavy atom. The molecule has 5 heteroatoms. The third-order valence-electron chi connectivity index (χ3n) is 3.18. The number of halogens is 1. The predicted octanol–water partition coefficient (Wildman–Crippen LogP) is 4.14. The van der Waals surface area contributed by atoms with Gasteiger partial charge < -0.3 is 15.2 Å². The van der Waals surface area contributed by atoms with E-state index >= 15 is 0 Å². The summed E-state index contributed by atoms with van der Waals surface area (Å²) in [6, 6.07) is 7.82. The molecule has 0 spiro atoms. The van der Waals surface area contributed by atoms with Crippen LogP contribution in [0.1, 0.15) is 28.3 Å². The summed E-state index contributed by atoms with van der Waals surface area (Å²) in [6.45, 7) is 2.14. The van der Waals surface area contributed by atoms with Crippen LogP contribution in [0.5, 0.6) is 11.5 Å². The fraction of sp³-hybridized carbons (Fsp3) is 0.333. The van der Waals surface area contributed by atoms with Crippen molar-refractivity contribution in [1.82, 2.24) is 0 Å². The molecule has 0 aliphatic rings. The molecule has 0 saturated carbocycles. The molecule has 0 aliphatic carbocycles. The first-order chi connectivity index (χ1) is 9.60. The lowest BCUT2D eigenvalue weighted by atomic mass is 10.0. The fourth-order valence-corrected chi connectivity index (χ4v) is 3.49. The summed E-state index contributed by atoms with van der Waals surface area (Å²) in [7, 11) is 3.29. The largest absolute Gasteiger partial charge is 0.496 e. The monoisotopic (exact) mass is 355 g/mol. The highest BCUT2D eigenvalue weighted by Crippen LogP contribution is 2.38. The lowest BCUT2D eigenvalue weighted by Crippen LogP contribution is -2.12. The summed E-state index contributed by atoms with van der Waals surface area (Å²) < 4.78 is 11.6. The van der Waals surface area contributed by atoms with Crippen molar-refractivity contribution in [3.63, 3.8) is 0 Å². The lowest BCUT2D eigenvalue weighted by molar-refractivity contribution is 0.395. The highest BCUT2D eigenvalue weighted by atomic mass is 79.9. The summed E-state index contributed by atoms with van der Waals surface area (Å²) in [6.07, 6.45) is 1.03. The molecule has 0 aliphatic heterocycles. The summed E-state index contributed by atoms with van der Waals surface area (Å²) >= 11 is 5.20. The molecule has 0 radical (unpaired) electrons. The Hall–Kier alpha value is -1.04. The van der Waals surface area contributed by atoms with Crippen LogP contribution >= 0.6 is 27.3 Å². The molecular formula is C15H18BrNO2S. The molecule has 108 valence electrons. The number of nitrogens with two attached hydrogens (primary N) is 1. The average molecular weight is 356 g/mol. The van der Waals surface area contributed by atoms with Crippen LogP contribution in [-0.2, 0) is 6.42 Å². The van der Waals surface area contributed by atoms with Gasteiger partial charge in [-0.15, -0.1) is 11.3 Å². The number of aryl methyl sites for hydroxylation is 1. The molecule has 2 aromatic rings. The minimum Gasteiger partial charge on any atom is -0.496 e. The zero-order valence-electron chi connectivity index (χ0n) is 11.8. The molecule has 2 rings (SSSR count). The van der Waals surface area contributed by atoms with Crippen molar-refractivity contribution in [2.75, 3.05) is 14.2 Å². The van der Waals surface area contributed by atoms with E-state index in [1.807, 2.05) is 12.1 Å². The second-order valence-electron chi connectivity index (χ2n) is 4.36. The molecule has 0 amide bonds. The zero-order valence-corrected chi connectivity index (χ0v) is 14.2. The van der Waals surface area contributed by atoms with Gasteiger partial charge in [0.05, 0.1) is 24.7 Å². The van der Waals surface area contributed by atoms with Crippen LogP contribution in [0.25, 0.3) is 0 Å². The van der Waals surface area contributed by atoms with Crippen molar-refractivity contribution in [2.45, 2.75) is 19.4 Å². The first kappa shape index (κ1) is 15.4. The second-order valence-corrected chi connectivity index (χ2v) is 6.42. The molecule has 2 N–H and O–H groups in total. The molecule has 1 aromatic carbocycles. The molecule has 0 bridgehead atoms. The van der Waals surface area contributed by atoms with Crippen LogP contribution in [-0.4, -0.2) is 14.2 Å². The number of thiophene rings is 1. The number of rotatable bonds is 5. The van der Waals surface area contributed by atoms with Gasteiger partial charge >= 0.3 is 0 Å². The maximum atomic E-state index is 6.39. The summed E-state index contributed by atoms with van der Waals surface area (Å²) in [5.74, 6) is 1.51. The number of benzene rings is 1. The Morgan fingerprint density at radius 2 is 1.90 bits per heavy atom. The Morgan fingerprint density at radius 1 is 1.20 bits per heavy atom. The van der Waals surface area contributed by atoms with Crippen LogP contribution in [0, 0.1) is 0 Å². The standard InChI is InChI=1S/C15H18BrNO2S/c1-4-9-5-6-14(20-9)15(17)10-7-13(19-3)11(16)8-12(10)18-2/h5-8,15H,4,17H2,1-3H3. The maximum Gasteiger partial charge on any atom is 0.133 e. The van der Waals surface area contributed by atoms with Gasteiger partial charge in [0.15, 0.2) is 0 Å². The van der Waals surface area contributed by atoms with E-state index < -0.39 is 0 Å². The molecule has 1 unspecified atom stereocenters. The van der Waals surface area contributed by atoms with Crippen LogP contribution in [0.15, 0.2) is 28.7 Å². The average Bonchev–Trinajstić information content (AvgIpc) is 2.95. The van der Waals surface area contributed by atoms with E-state index in [4.69, 9.17) is 15.2 Å². The van der Waals surface area contributed by atoms with Crippen molar-refractivity contribution < 1.29 is 9.47 Å². The fourth-order valence-electron chi connectivity index (χ4n) is 2.03. The number of hydrogen-bond donors (Lipinski definition) is 1. The van der Waals surface area contributed by atoms with Crippen molar-refractivity contribution in [2.24, 2.45) is 5.73 Å². The van der Waals surface area contributed by atoms with Crippen LogP contribution in [0.4, 0.5) is 0 Å². The maximum absolute atomic E-state index is 6.39. The van der Waals surface area contributed by atoms with Crippen molar-refractivity contribution in [1.29, 1.82) is 0 Å². The quantitative estimate of drug-likeness (QED) is 0.876. The lowest BCUT2D eigenvalue weighted by Gasteiger charge is -2.17. The topological polar surface area (TPSA) is 44.5 Å². The van der Waals surface area contributed by atoms with E-state index in [1.54, 1.807) is 25.6 Å². The van der Waals surface area contributed by atoms with Gasteiger partial charge in [-0.1, -0.05) is 6.92 Å². The molecule has 1 heterocycles. The van der Waals surface area contributed by atoms with Gasteiger partial charge in [0.1, 0.15) is 11.5 Å². The van der Waals surface area contributed by atoms with Crippen LogP contribution < -0.4 is 15.2 Å². The van der Waals surface area contributed by atoms with E-state index in [0.29, 0.717) is 0 Å². The Kier molecular flexibility index (Phi) is 5.07. The first-order valence-corrected chi connectivity index (χ1v) is 7.97. The van der Waals surface area contributed by atoms with Gasteiger partial charge in [-0.25, -0.2) is 0 Å². The summed E-state index contributed by atoms with van der Waals surface area (Å²) in [5, 5.41) is 0. The predicted molar refractivity (Wildman–Crippen MR) is 87.0 cm³/mol. The minimum absolute atomic E-state index is 0.211. The van der Waals surface area contributed by atoms with Gasteiger partial charge in [-0.05, 0) is 46.6 Å². The Labute approximate surface area is 131 Å². The smallest absolute Gasteiger partial charge is 0.133 e. The Balaban J connectivity index is 2.44. The highest BCUT2D eigenvalue weighted by molar-refractivity contribution is 9.10. The minimum atomic E-state index is -0.211. The van der Waals surface area contributed by atoms with Crippen molar-refractivity contribution >= 4 is 27.3 Å². The van der Waals surface area contributed by atoms with E-state index in [-0.39, 0.29) is 6.04 Å². The van der Waals surface area contributed by atoms with Gasteiger partial charge in [0.25, 0.3) is 0 Å². The third-order valence-corrected chi connectivity index (χ3v) is 5.11. The van der Waals surface area contributed by atoms with E-state index in [9.17, 15) is 0 Å². The number of methoxy groups -OCH3 is 2. The molecular weight excluding hydrogens is 338 g/mol. The van der Waals surface area contributed by atoms with Crippen LogP contribution in [0.2, 0.25) is 0 Å². The molecule has 20 heavy (non-hydrogen) atoms. The third kappa shape index (κ3) is 3.00. The first-order valence-electron chi connectivity index (χ1n) is 6.36. The van der Waals surface area contributed by atoms with Gasteiger partial charge in [-0.3, -0.25) is 0 Å². The van der Waals surface area contributed by atoms with E-state index in [2.05, 4.69) is 35.0 Å². The zero-order chi connectivity index (χ0) is 14.7. The summed E-state index contributed by atoms with van der Waals surface area (Å²) in [4.78, 5) is 2.46. The van der Waals surface area contributed by atoms with Crippen molar-refractivity contribution in [3.05, 3.63) is 44.1 Å². The molecule has 1 atom stereocenters. The van der Waals surface area contributed by atoms with E-state index in [1.165, 1.54) is 4.88 Å². The van der Waals surface area contributed by atoms with Crippen LogP contribution in [0.3, 0.4) is 0 Å². The number of ether oxygens (including phenoxy) is 2. The summed E-state index contributed by atoms with van der Waals surface area (Å²) in [5.41, 5.74) is 7.32. The number of hydrogen-bond acceptors (Lipinski definition) is 4. The Bertz CT molecular complexity index is 598. The van der Waals surface area contributed by atoms with Crippen molar-refractivity contribution in [3.8, 4) is 11.5 Å². The molecule has 1 aromatic heterocycles. The van der Waals surface area contributed by atoms with Gasteiger partial charge in [-0.2, -0.15) is 0 Å². The van der Waals surface area contributed by atoms with E-state index in [0.717, 1.165) is 32.8 Å². The normalized spacial score (nSPS) is 12.2. The van der Waals surface area contributed by atoms with Gasteiger partial charge in [0, 0.05) is 15.3 Å².